The Morgan fingerprint density at radius 3 is 2.52 bits per heavy atom. The van der Waals surface area contributed by atoms with Gasteiger partial charge in [-0.25, -0.2) is 9.97 Å². The van der Waals surface area contributed by atoms with Gasteiger partial charge >= 0.3 is 0 Å². The molecule has 1 heterocycles. The summed E-state index contributed by atoms with van der Waals surface area (Å²) in [7, 11) is 0. The molecule has 2 amide bonds. The first-order valence-corrected chi connectivity index (χ1v) is 9.99. The number of hydrogen-bond donors (Lipinski definition) is 1. The van der Waals surface area contributed by atoms with Gasteiger partial charge in [0.05, 0.1) is 34.2 Å². The molecule has 0 saturated heterocycles. The summed E-state index contributed by atoms with van der Waals surface area (Å²) in [5, 5.41) is 0.490. The first-order valence-electron chi connectivity index (χ1n) is 9.61. The van der Waals surface area contributed by atoms with Crippen LogP contribution in [-0.4, -0.2) is 27.2 Å². The van der Waals surface area contributed by atoms with Gasteiger partial charge in [-0.3, -0.25) is 14.5 Å². The van der Waals surface area contributed by atoms with E-state index >= 15 is 0 Å². The maximum Gasteiger partial charge on any atom is 0.260 e. The number of rotatable bonds is 5. The Morgan fingerprint density at radius 1 is 1.03 bits per heavy atom. The van der Waals surface area contributed by atoms with Crippen molar-refractivity contribution in [1.82, 2.24) is 14.9 Å². The minimum Gasteiger partial charge on any atom is -0.397 e. The van der Waals surface area contributed by atoms with Crippen LogP contribution in [0.4, 0.5) is 5.69 Å². The number of anilines is 1. The quantitative estimate of drug-likeness (QED) is 0.368. The molecule has 0 saturated carbocycles. The third-order valence-corrected chi connectivity index (χ3v) is 5.34. The largest absolute Gasteiger partial charge is 0.397 e. The molecule has 3 aromatic carbocycles. The summed E-state index contributed by atoms with van der Waals surface area (Å²) in [5.74, 6) is -0.416. The fourth-order valence-electron chi connectivity index (χ4n) is 3.40. The Kier molecular flexibility index (Phi) is 5.64. The summed E-state index contributed by atoms with van der Waals surface area (Å²) in [6.45, 7) is 1.75. The van der Waals surface area contributed by atoms with Gasteiger partial charge in [0.2, 0.25) is 6.41 Å². The van der Waals surface area contributed by atoms with Gasteiger partial charge in [0, 0.05) is 11.1 Å². The van der Waals surface area contributed by atoms with Gasteiger partial charge in [-0.15, -0.1) is 0 Å². The van der Waals surface area contributed by atoms with Crippen molar-refractivity contribution in [1.29, 1.82) is 0 Å². The second-order valence-corrected chi connectivity index (χ2v) is 7.47. The van der Waals surface area contributed by atoms with Crippen molar-refractivity contribution in [2.75, 3.05) is 5.73 Å². The number of carbonyl (C=O) groups is 2. The molecule has 0 spiro atoms. The van der Waals surface area contributed by atoms with Crippen LogP contribution in [0.1, 0.15) is 21.6 Å². The van der Waals surface area contributed by atoms with Gasteiger partial charge in [0.25, 0.3) is 5.91 Å². The number of amides is 2. The first kappa shape index (κ1) is 20.5. The second-order valence-electron chi connectivity index (χ2n) is 7.07. The highest BCUT2D eigenvalue weighted by atomic mass is 35.5. The van der Waals surface area contributed by atoms with Crippen molar-refractivity contribution in [3.63, 3.8) is 0 Å². The minimum absolute atomic E-state index is 0.0749. The van der Waals surface area contributed by atoms with Crippen LogP contribution in [-0.2, 0) is 11.3 Å². The van der Waals surface area contributed by atoms with E-state index in [4.69, 9.17) is 22.3 Å². The van der Waals surface area contributed by atoms with Gasteiger partial charge in [0.1, 0.15) is 5.52 Å². The molecular weight excluding hydrogens is 412 g/mol. The molecule has 7 heteroatoms. The van der Waals surface area contributed by atoms with Crippen LogP contribution in [0.5, 0.6) is 0 Å². The van der Waals surface area contributed by atoms with E-state index in [1.165, 1.54) is 0 Å². The molecule has 31 heavy (non-hydrogen) atoms. The molecule has 0 atom stereocenters. The molecule has 4 aromatic rings. The van der Waals surface area contributed by atoms with Crippen molar-refractivity contribution in [2.24, 2.45) is 0 Å². The van der Waals surface area contributed by atoms with Crippen LogP contribution < -0.4 is 5.73 Å². The summed E-state index contributed by atoms with van der Waals surface area (Å²) in [4.78, 5) is 35.4. The number of nitrogens with two attached hydrogens (primary N) is 1. The van der Waals surface area contributed by atoms with E-state index in [0.29, 0.717) is 50.7 Å². The third-order valence-electron chi connectivity index (χ3n) is 5.01. The fourth-order valence-corrected chi connectivity index (χ4v) is 3.62. The third kappa shape index (κ3) is 3.98. The Balaban J connectivity index is 1.85. The zero-order chi connectivity index (χ0) is 22.0. The number of carbonyl (C=O) groups excluding carboxylic acids is 2. The number of benzene rings is 3. The Morgan fingerprint density at radius 2 is 1.77 bits per heavy atom. The summed E-state index contributed by atoms with van der Waals surface area (Å²) in [6.07, 6.45) is 0.505. The lowest BCUT2D eigenvalue weighted by atomic mass is 10.1. The summed E-state index contributed by atoms with van der Waals surface area (Å²) in [5.41, 5.74) is 10.5. The van der Waals surface area contributed by atoms with Crippen LogP contribution in [0, 0.1) is 6.92 Å². The van der Waals surface area contributed by atoms with Crippen molar-refractivity contribution in [2.45, 2.75) is 13.5 Å². The molecule has 0 radical (unpaired) electrons. The molecule has 4 rings (SSSR count). The first-order chi connectivity index (χ1) is 15.0. The topological polar surface area (TPSA) is 89.2 Å². The highest BCUT2D eigenvalue weighted by Gasteiger charge is 2.22. The number of imide groups is 1. The lowest BCUT2D eigenvalue weighted by molar-refractivity contribution is -0.116. The van der Waals surface area contributed by atoms with Gasteiger partial charge in [0.15, 0.2) is 0 Å². The second kappa shape index (κ2) is 8.53. The number of nitrogen functional groups attached to an aromatic ring is 1. The smallest absolute Gasteiger partial charge is 0.260 e. The van der Waals surface area contributed by atoms with Gasteiger partial charge in [-0.2, -0.15) is 0 Å². The lowest BCUT2D eigenvalue weighted by Crippen LogP contribution is -2.30. The maximum atomic E-state index is 13.0. The fraction of sp³-hybridized carbons (Fsp3) is 0.0833. The number of aryl methyl sites for hydroxylation is 1. The SMILES string of the molecule is Cc1ccccc1C(=O)N(C=O)Cc1nc2c(N)cccc2nc1-c1ccccc1Cl. The predicted molar refractivity (Wildman–Crippen MR) is 122 cm³/mol. The molecule has 0 aliphatic heterocycles. The van der Waals surface area contributed by atoms with Gasteiger partial charge in [-0.05, 0) is 36.8 Å². The molecule has 154 valence electrons. The summed E-state index contributed by atoms with van der Waals surface area (Å²) < 4.78 is 0. The van der Waals surface area contributed by atoms with E-state index in [0.717, 1.165) is 10.5 Å². The maximum absolute atomic E-state index is 13.0. The summed E-state index contributed by atoms with van der Waals surface area (Å²) in [6, 6.07) is 19.7. The summed E-state index contributed by atoms with van der Waals surface area (Å²) >= 11 is 6.42. The number of fused-ring (bicyclic) bond motifs is 1. The van der Waals surface area contributed by atoms with Crippen molar-refractivity contribution in [3.8, 4) is 11.3 Å². The zero-order valence-corrected chi connectivity index (χ0v) is 17.5. The number of para-hydroxylation sites is 1. The lowest BCUT2D eigenvalue weighted by Gasteiger charge is -2.19. The van der Waals surface area contributed by atoms with E-state index in [1.54, 1.807) is 36.4 Å². The van der Waals surface area contributed by atoms with Crippen LogP contribution in [0.2, 0.25) is 5.02 Å². The van der Waals surface area contributed by atoms with Crippen LogP contribution >= 0.6 is 11.6 Å². The molecular formula is C24H19ClN4O2. The number of hydrogen-bond acceptors (Lipinski definition) is 5. The molecule has 1 aromatic heterocycles. The molecule has 2 N–H and O–H groups in total. The van der Waals surface area contributed by atoms with E-state index in [9.17, 15) is 9.59 Å². The Hall–Kier alpha value is -3.77. The number of nitrogens with zero attached hydrogens (tertiary/aromatic N) is 3. The molecule has 0 aliphatic rings. The number of aromatic nitrogens is 2. The molecule has 0 fully saturated rings. The van der Waals surface area contributed by atoms with Crippen molar-refractivity contribution < 1.29 is 9.59 Å². The molecule has 6 nitrogen and oxygen atoms in total. The Labute approximate surface area is 184 Å². The molecule has 0 bridgehead atoms. The highest BCUT2D eigenvalue weighted by Crippen LogP contribution is 2.31. The molecule has 0 aliphatic carbocycles. The normalized spacial score (nSPS) is 10.8. The number of halogens is 1. The van der Waals surface area contributed by atoms with E-state index in [-0.39, 0.29) is 6.54 Å². The molecule has 0 unspecified atom stereocenters. The Bertz CT molecular complexity index is 1310. The van der Waals surface area contributed by atoms with E-state index in [1.807, 2.05) is 37.3 Å². The van der Waals surface area contributed by atoms with Crippen LogP contribution in [0.3, 0.4) is 0 Å². The standard InChI is InChI=1S/C24H19ClN4O2/c1-15-7-2-3-8-16(15)24(31)29(14-30)13-21-22(17-9-4-5-10-18(17)25)27-20-12-6-11-19(26)23(20)28-21/h2-12,14H,13,26H2,1H3. The zero-order valence-electron chi connectivity index (χ0n) is 16.7. The van der Waals surface area contributed by atoms with Crippen LogP contribution in [0.15, 0.2) is 66.7 Å². The van der Waals surface area contributed by atoms with Crippen LogP contribution in [0.25, 0.3) is 22.3 Å². The van der Waals surface area contributed by atoms with Crippen molar-refractivity contribution in [3.05, 3.63) is 88.6 Å². The predicted octanol–water partition coefficient (Wildman–Crippen LogP) is 4.64. The monoisotopic (exact) mass is 430 g/mol. The van der Waals surface area contributed by atoms with Gasteiger partial charge in [-0.1, -0.05) is 54.1 Å². The minimum atomic E-state index is -0.416. The average Bonchev–Trinajstić information content (AvgIpc) is 2.78. The van der Waals surface area contributed by atoms with Gasteiger partial charge < -0.3 is 5.73 Å². The van der Waals surface area contributed by atoms with E-state index < -0.39 is 5.91 Å². The van der Waals surface area contributed by atoms with E-state index in [2.05, 4.69) is 4.98 Å². The average molecular weight is 431 g/mol. The highest BCUT2D eigenvalue weighted by molar-refractivity contribution is 6.33. The van der Waals surface area contributed by atoms with Crippen molar-refractivity contribution >= 4 is 40.6 Å².